The monoisotopic (exact) mass is 581 g/mol. The molecule has 4 aromatic carbocycles. The van der Waals surface area contributed by atoms with Crippen molar-refractivity contribution >= 4 is 34.8 Å². The Morgan fingerprint density at radius 1 is 0.789 bits per heavy atom. The molecule has 3 aliphatic rings. The summed E-state index contributed by atoms with van der Waals surface area (Å²) < 4.78 is 5.65. The first kappa shape index (κ1) is 23.1. The van der Waals surface area contributed by atoms with Crippen LogP contribution in [0.1, 0.15) is 0 Å². The Bertz CT molecular complexity index is 1720. The fourth-order valence-corrected chi connectivity index (χ4v) is 5.77. The summed E-state index contributed by atoms with van der Waals surface area (Å²) in [5.41, 5.74) is 11.2. The number of benzene rings is 4. The van der Waals surface area contributed by atoms with Gasteiger partial charge in [0.25, 0.3) is 6.85 Å². The summed E-state index contributed by atoms with van der Waals surface area (Å²) in [5, 5.41) is 0. The van der Waals surface area contributed by atoms with Crippen LogP contribution in [0.3, 0.4) is 0 Å². The minimum absolute atomic E-state index is 0. The van der Waals surface area contributed by atoms with E-state index in [0.717, 1.165) is 22.2 Å². The molecule has 0 amide bonds. The van der Waals surface area contributed by atoms with E-state index in [4.69, 9.17) is 4.42 Å². The molecule has 8 rings (SSSR count). The van der Waals surface area contributed by atoms with Crippen molar-refractivity contribution in [3.8, 4) is 33.7 Å². The first-order valence-corrected chi connectivity index (χ1v) is 12.3. The minimum Gasteiger partial charge on any atom is -0.510 e. The molecule has 0 saturated heterocycles. The van der Waals surface area contributed by atoms with Gasteiger partial charge in [-0.3, -0.25) is 4.98 Å². The standard InChI is InChI=1S/C31H20BN4O.Pd/c1-34-15-16-35(20-34)22-11-13-24-26-7-3-5-9-30(26)36-29-8-4-2-6-25(29)23-12-10-21(31-33-14-17-37-31)18-27(23)32(36)28(24)19-22;/h2-17,20H,1H3;/q-3;. The number of hydrogen-bond acceptors (Lipinski definition) is 5. The summed E-state index contributed by atoms with van der Waals surface area (Å²) in [7, 11) is 2.03. The third kappa shape index (κ3) is 3.33. The van der Waals surface area contributed by atoms with Gasteiger partial charge in [-0.05, 0) is 37.1 Å². The predicted molar refractivity (Wildman–Crippen MR) is 148 cm³/mol. The molecule has 0 atom stereocenters. The second kappa shape index (κ2) is 8.77. The first-order valence-electron chi connectivity index (χ1n) is 12.3. The van der Waals surface area contributed by atoms with Crippen molar-refractivity contribution in [2.75, 3.05) is 16.8 Å². The van der Waals surface area contributed by atoms with Crippen molar-refractivity contribution in [3.63, 3.8) is 0 Å². The van der Waals surface area contributed by atoms with Gasteiger partial charge in [0, 0.05) is 31.8 Å². The summed E-state index contributed by atoms with van der Waals surface area (Å²) in [5.74, 6) is 0.571. The quantitative estimate of drug-likeness (QED) is 0.212. The van der Waals surface area contributed by atoms with E-state index < -0.39 is 0 Å². The topological polar surface area (TPSA) is 35.8 Å². The van der Waals surface area contributed by atoms with E-state index >= 15 is 0 Å². The first-order chi connectivity index (χ1) is 18.3. The molecule has 38 heavy (non-hydrogen) atoms. The maximum Gasteiger partial charge on any atom is 0.285 e. The Hall–Kier alpha value is -4.04. The zero-order valence-corrected chi connectivity index (χ0v) is 22.0. The van der Waals surface area contributed by atoms with Gasteiger partial charge in [-0.25, -0.2) is 0 Å². The molecule has 0 fully saturated rings. The molecule has 0 N–H and O–H groups in total. The van der Waals surface area contributed by atoms with Crippen molar-refractivity contribution in [1.82, 2.24) is 9.88 Å². The summed E-state index contributed by atoms with van der Waals surface area (Å²) in [6.07, 6.45) is 7.38. The number of oxazole rings is 1. The maximum atomic E-state index is 5.65. The Labute approximate surface area is 235 Å². The van der Waals surface area contributed by atoms with Crippen LogP contribution in [0.5, 0.6) is 0 Å². The average molecular weight is 582 g/mol. The molecule has 0 bridgehead atoms. The van der Waals surface area contributed by atoms with E-state index in [1.54, 1.807) is 12.5 Å². The van der Waals surface area contributed by atoms with E-state index in [0.29, 0.717) is 5.89 Å². The van der Waals surface area contributed by atoms with E-state index in [1.165, 1.54) is 33.6 Å². The zero-order valence-electron chi connectivity index (χ0n) is 20.4. The number of rotatable bonds is 2. The molecule has 0 unspecified atom stereocenters. The maximum absolute atomic E-state index is 5.65. The largest absolute Gasteiger partial charge is 0.510 e. The average Bonchev–Trinajstić information content (AvgIpc) is 3.65. The van der Waals surface area contributed by atoms with Gasteiger partial charge in [0.1, 0.15) is 5.89 Å². The molecule has 1 aromatic heterocycles. The van der Waals surface area contributed by atoms with Crippen LogP contribution in [0, 0.1) is 18.8 Å². The van der Waals surface area contributed by atoms with Crippen molar-refractivity contribution < 1.29 is 24.8 Å². The summed E-state index contributed by atoms with van der Waals surface area (Å²) in [6.45, 7) is 1.96. The van der Waals surface area contributed by atoms with E-state index in [-0.39, 0.29) is 27.3 Å². The van der Waals surface area contributed by atoms with Gasteiger partial charge < -0.3 is 19.0 Å². The molecule has 0 aliphatic carbocycles. The van der Waals surface area contributed by atoms with Crippen LogP contribution in [-0.2, 0) is 20.4 Å². The van der Waals surface area contributed by atoms with Crippen molar-refractivity contribution in [3.05, 3.63) is 116 Å². The molecule has 0 spiro atoms. The van der Waals surface area contributed by atoms with Crippen LogP contribution < -0.4 is 20.6 Å². The molecule has 3 aliphatic heterocycles. The number of anilines is 3. The Morgan fingerprint density at radius 3 is 2.13 bits per heavy atom. The normalized spacial score (nSPS) is 14.3. The van der Waals surface area contributed by atoms with Crippen LogP contribution >= 0.6 is 0 Å². The Balaban J connectivity index is 0.00000242. The minimum atomic E-state index is -0.103. The molecule has 7 heteroatoms. The third-order valence-corrected chi connectivity index (χ3v) is 7.36. The number of fused-ring (bicyclic) bond motifs is 11. The molecule has 5 nitrogen and oxygen atoms in total. The molecule has 0 radical (unpaired) electrons. The molecule has 0 saturated carbocycles. The van der Waals surface area contributed by atoms with Gasteiger partial charge in [-0.2, -0.15) is 24.3 Å². The molecular weight excluding hydrogens is 562 g/mol. The number of aromatic nitrogens is 1. The van der Waals surface area contributed by atoms with Crippen LogP contribution in [0.15, 0.2) is 102 Å². The van der Waals surface area contributed by atoms with Gasteiger partial charge in [-0.15, -0.1) is 46.5 Å². The number of nitrogens with zero attached hydrogens (tertiary/aromatic N) is 4. The van der Waals surface area contributed by atoms with Crippen LogP contribution in [-0.4, -0.2) is 23.8 Å². The van der Waals surface area contributed by atoms with Gasteiger partial charge in [-0.1, -0.05) is 47.5 Å². The summed E-state index contributed by atoms with van der Waals surface area (Å²) >= 11 is 0. The SMILES string of the molecule is CN1C=CN(c2[c-]c3c(cc2)-c2ccccc2N2B3c3[c-]c(-c4ncco4)ccc3-c3ccccc32)[CH-]1.[Pd]. The fraction of sp³-hybridized carbons (Fsp3) is 0.0323. The van der Waals surface area contributed by atoms with E-state index in [9.17, 15) is 0 Å². The smallest absolute Gasteiger partial charge is 0.285 e. The second-order valence-electron chi connectivity index (χ2n) is 9.50. The number of para-hydroxylation sites is 2. The van der Waals surface area contributed by atoms with Crippen LogP contribution in [0.2, 0.25) is 0 Å². The summed E-state index contributed by atoms with van der Waals surface area (Å²) in [4.78, 5) is 11.0. The Morgan fingerprint density at radius 2 is 1.47 bits per heavy atom. The van der Waals surface area contributed by atoms with Crippen molar-refractivity contribution in [1.29, 1.82) is 0 Å². The van der Waals surface area contributed by atoms with Crippen LogP contribution in [0.25, 0.3) is 33.7 Å². The summed E-state index contributed by atoms with van der Waals surface area (Å²) in [6, 6.07) is 33.4. The van der Waals surface area contributed by atoms with Gasteiger partial charge in [0.2, 0.25) is 0 Å². The fourth-order valence-electron chi connectivity index (χ4n) is 5.77. The van der Waals surface area contributed by atoms with Crippen molar-refractivity contribution in [2.45, 2.75) is 0 Å². The van der Waals surface area contributed by atoms with E-state index in [2.05, 4.69) is 112 Å². The zero-order chi connectivity index (χ0) is 24.5. The molecule has 186 valence electrons. The predicted octanol–water partition coefficient (Wildman–Crippen LogP) is 5.19. The van der Waals surface area contributed by atoms with Gasteiger partial charge in [0.05, 0.1) is 12.5 Å². The van der Waals surface area contributed by atoms with Crippen molar-refractivity contribution in [2.24, 2.45) is 0 Å². The van der Waals surface area contributed by atoms with Gasteiger partial charge in [0.15, 0.2) is 0 Å². The number of hydrogen-bond donors (Lipinski definition) is 0. The van der Waals surface area contributed by atoms with Crippen LogP contribution in [0.4, 0.5) is 17.1 Å². The Kier molecular flexibility index (Phi) is 5.33. The molecule has 4 heterocycles. The second-order valence-corrected chi connectivity index (χ2v) is 9.50. The van der Waals surface area contributed by atoms with E-state index in [1.807, 2.05) is 18.1 Å². The third-order valence-electron chi connectivity index (χ3n) is 7.36. The van der Waals surface area contributed by atoms with Gasteiger partial charge >= 0.3 is 0 Å². The molecule has 5 aromatic rings. The molecular formula is C31H20BN4OPd-3.